The average Bonchev–Trinajstić information content (AvgIpc) is 2.76. The van der Waals surface area contributed by atoms with Crippen LogP contribution < -0.4 is 10.1 Å². The van der Waals surface area contributed by atoms with Gasteiger partial charge in [-0.15, -0.1) is 11.3 Å². The monoisotopic (exact) mass is 231 g/mol. The lowest BCUT2D eigenvalue weighted by Crippen LogP contribution is -2.22. The molecule has 0 saturated carbocycles. The van der Waals surface area contributed by atoms with Crippen LogP contribution in [0.25, 0.3) is 0 Å². The quantitative estimate of drug-likeness (QED) is 0.815. The second-order valence-corrected chi connectivity index (χ2v) is 4.77. The Hall–Kier alpha value is -1.32. The molecule has 0 spiro atoms. The first kappa shape index (κ1) is 9.87. The van der Waals surface area contributed by atoms with E-state index in [1.54, 1.807) is 11.3 Å². The highest BCUT2D eigenvalue weighted by atomic mass is 32.1. The highest BCUT2D eigenvalue weighted by molar-refractivity contribution is 7.10. The molecular formula is C13H13NOS. The van der Waals surface area contributed by atoms with Crippen molar-refractivity contribution >= 4 is 11.3 Å². The second-order valence-electron chi connectivity index (χ2n) is 3.79. The van der Waals surface area contributed by atoms with Gasteiger partial charge in [0.2, 0.25) is 0 Å². The van der Waals surface area contributed by atoms with E-state index in [2.05, 4.69) is 35.0 Å². The van der Waals surface area contributed by atoms with Crippen LogP contribution in [0.4, 0.5) is 0 Å². The lowest BCUT2D eigenvalue weighted by Gasteiger charge is -2.15. The number of ether oxygens (including phenoxy) is 1. The van der Waals surface area contributed by atoms with Crippen molar-refractivity contribution in [2.45, 2.75) is 6.04 Å². The van der Waals surface area contributed by atoms with Gasteiger partial charge in [0.25, 0.3) is 0 Å². The van der Waals surface area contributed by atoms with Gasteiger partial charge in [-0.2, -0.15) is 0 Å². The fourth-order valence-electron chi connectivity index (χ4n) is 2.03. The normalized spacial score (nSPS) is 19.6. The molecule has 2 aromatic rings. The summed E-state index contributed by atoms with van der Waals surface area (Å²) in [5, 5.41) is 5.64. The van der Waals surface area contributed by atoms with Crippen LogP contribution in [-0.2, 0) is 0 Å². The molecule has 1 aromatic carbocycles. The maximum atomic E-state index is 5.72. The summed E-state index contributed by atoms with van der Waals surface area (Å²) in [6.45, 7) is 1.62. The van der Waals surface area contributed by atoms with Crippen LogP contribution in [0.1, 0.15) is 16.5 Å². The molecule has 1 aliphatic rings. The van der Waals surface area contributed by atoms with Crippen molar-refractivity contribution in [3.63, 3.8) is 0 Å². The van der Waals surface area contributed by atoms with Gasteiger partial charge in [-0.3, -0.25) is 0 Å². The predicted molar refractivity (Wildman–Crippen MR) is 66.1 cm³/mol. The Balaban J connectivity index is 2.06. The zero-order valence-electron chi connectivity index (χ0n) is 8.85. The Morgan fingerprint density at radius 1 is 1.19 bits per heavy atom. The number of fused-ring (bicyclic) bond motifs is 1. The van der Waals surface area contributed by atoms with E-state index in [-0.39, 0.29) is 6.04 Å². The number of nitrogens with one attached hydrogen (secondary N) is 1. The summed E-state index contributed by atoms with van der Waals surface area (Å²) in [6.07, 6.45) is 0. The molecule has 0 aliphatic carbocycles. The number of para-hydroxylation sites is 1. The van der Waals surface area contributed by atoms with Crippen molar-refractivity contribution in [3.05, 3.63) is 52.2 Å². The summed E-state index contributed by atoms with van der Waals surface area (Å²) in [7, 11) is 0. The molecule has 0 fully saturated rings. The van der Waals surface area contributed by atoms with Crippen LogP contribution in [0.3, 0.4) is 0 Å². The first-order chi connectivity index (χ1) is 7.95. The van der Waals surface area contributed by atoms with Crippen LogP contribution in [0.15, 0.2) is 41.8 Å². The largest absolute Gasteiger partial charge is 0.492 e. The molecule has 2 heterocycles. The van der Waals surface area contributed by atoms with E-state index in [0.29, 0.717) is 0 Å². The highest BCUT2D eigenvalue weighted by Crippen LogP contribution is 2.33. The van der Waals surface area contributed by atoms with Crippen molar-refractivity contribution < 1.29 is 4.74 Å². The first-order valence-electron chi connectivity index (χ1n) is 5.43. The minimum absolute atomic E-state index is 0.277. The average molecular weight is 231 g/mol. The zero-order valence-corrected chi connectivity index (χ0v) is 9.67. The molecule has 0 bridgehead atoms. The van der Waals surface area contributed by atoms with Gasteiger partial charge in [0, 0.05) is 17.0 Å². The number of hydrogen-bond acceptors (Lipinski definition) is 3. The molecule has 3 rings (SSSR count). The summed E-state index contributed by atoms with van der Waals surface area (Å²) >= 11 is 1.78. The number of hydrogen-bond donors (Lipinski definition) is 1. The van der Waals surface area contributed by atoms with E-state index in [9.17, 15) is 0 Å². The summed E-state index contributed by atoms with van der Waals surface area (Å²) in [5.41, 5.74) is 1.24. The van der Waals surface area contributed by atoms with Gasteiger partial charge in [0.05, 0.1) is 6.04 Å². The molecule has 16 heavy (non-hydrogen) atoms. The minimum atomic E-state index is 0.277. The third-order valence-electron chi connectivity index (χ3n) is 2.77. The van der Waals surface area contributed by atoms with Crippen LogP contribution in [0.5, 0.6) is 5.75 Å². The summed E-state index contributed by atoms with van der Waals surface area (Å²) < 4.78 is 5.72. The van der Waals surface area contributed by atoms with Crippen LogP contribution in [0.2, 0.25) is 0 Å². The summed E-state index contributed by atoms with van der Waals surface area (Å²) in [4.78, 5) is 1.35. The van der Waals surface area contributed by atoms with Crippen LogP contribution in [-0.4, -0.2) is 13.2 Å². The molecule has 0 saturated heterocycles. The van der Waals surface area contributed by atoms with Gasteiger partial charge >= 0.3 is 0 Å². The van der Waals surface area contributed by atoms with E-state index in [1.807, 2.05) is 12.1 Å². The number of thiophene rings is 1. The van der Waals surface area contributed by atoms with Crippen molar-refractivity contribution in [3.8, 4) is 5.75 Å². The number of benzene rings is 1. The molecule has 3 heteroatoms. The lowest BCUT2D eigenvalue weighted by molar-refractivity contribution is 0.325. The van der Waals surface area contributed by atoms with E-state index in [1.165, 1.54) is 10.4 Å². The highest BCUT2D eigenvalue weighted by Gasteiger charge is 2.20. The molecule has 1 atom stereocenters. The zero-order chi connectivity index (χ0) is 10.8. The third-order valence-corrected chi connectivity index (χ3v) is 3.70. The molecule has 1 unspecified atom stereocenters. The predicted octanol–water partition coefficient (Wildman–Crippen LogP) is 2.82. The second kappa shape index (κ2) is 4.28. The van der Waals surface area contributed by atoms with Gasteiger partial charge in [-0.25, -0.2) is 0 Å². The maximum absolute atomic E-state index is 5.72. The molecule has 1 aliphatic heterocycles. The smallest absolute Gasteiger partial charge is 0.124 e. The van der Waals surface area contributed by atoms with E-state index < -0.39 is 0 Å². The van der Waals surface area contributed by atoms with E-state index in [0.717, 1.165) is 18.9 Å². The van der Waals surface area contributed by atoms with Crippen molar-refractivity contribution in [2.75, 3.05) is 13.2 Å². The van der Waals surface area contributed by atoms with Gasteiger partial charge < -0.3 is 10.1 Å². The van der Waals surface area contributed by atoms with Gasteiger partial charge in [-0.05, 0) is 17.5 Å². The Labute approximate surface area is 98.9 Å². The SMILES string of the molecule is c1csc(C2NCCOc3ccccc32)c1. The number of rotatable bonds is 1. The Morgan fingerprint density at radius 2 is 2.12 bits per heavy atom. The van der Waals surface area contributed by atoms with Gasteiger partial charge in [-0.1, -0.05) is 24.3 Å². The first-order valence-corrected chi connectivity index (χ1v) is 6.31. The van der Waals surface area contributed by atoms with E-state index >= 15 is 0 Å². The van der Waals surface area contributed by atoms with Crippen molar-refractivity contribution in [1.82, 2.24) is 5.32 Å². The summed E-state index contributed by atoms with van der Waals surface area (Å²) in [5.74, 6) is 1.01. The van der Waals surface area contributed by atoms with Crippen LogP contribution in [0, 0.1) is 0 Å². The lowest BCUT2D eigenvalue weighted by atomic mass is 10.0. The fourth-order valence-corrected chi connectivity index (χ4v) is 2.85. The van der Waals surface area contributed by atoms with Gasteiger partial charge in [0.1, 0.15) is 12.4 Å². The molecule has 0 amide bonds. The topological polar surface area (TPSA) is 21.3 Å². The molecular weight excluding hydrogens is 218 g/mol. The Morgan fingerprint density at radius 3 is 3.00 bits per heavy atom. The Kier molecular flexibility index (Phi) is 2.64. The minimum Gasteiger partial charge on any atom is -0.492 e. The standard InChI is InChI=1S/C13H13NOS/c1-2-5-11-10(4-1)13(14-7-8-15-11)12-6-3-9-16-12/h1-6,9,13-14H,7-8H2. The van der Waals surface area contributed by atoms with Crippen molar-refractivity contribution in [2.24, 2.45) is 0 Å². The van der Waals surface area contributed by atoms with Crippen LogP contribution >= 0.6 is 11.3 Å². The molecule has 2 nitrogen and oxygen atoms in total. The van der Waals surface area contributed by atoms with Crippen molar-refractivity contribution in [1.29, 1.82) is 0 Å². The molecule has 82 valence electrons. The fraction of sp³-hybridized carbons (Fsp3) is 0.231. The van der Waals surface area contributed by atoms with Gasteiger partial charge in [0.15, 0.2) is 0 Å². The molecule has 1 aromatic heterocycles. The molecule has 1 N–H and O–H groups in total. The summed E-state index contributed by atoms with van der Waals surface area (Å²) in [6, 6.07) is 12.8. The maximum Gasteiger partial charge on any atom is 0.124 e. The van der Waals surface area contributed by atoms with E-state index in [4.69, 9.17) is 4.74 Å². The molecule has 0 radical (unpaired) electrons. The Bertz CT molecular complexity index is 467. The third kappa shape index (κ3) is 1.72.